The van der Waals surface area contributed by atoms with E-state index in [4.69, 9.17) is 0 Å². The van der Waals surface area contributed by atoms with Gasteiger partial charge in [-0.2, -0.15) is 0 Å². The van der Waals surface area contributed by atoms with Crippen molar-refractivity contribution in [3.63, 3.8) is 0 Å². The zero-order valence-electron chi connectivity index (χ0n) is 19.5. The average molecular weight is 521 g/mol. The SMILES string of the molecule is C[C@@H](O)[C@H]1C(=O)N2C(C(=O)O)=C(S[C@@H]3CN[C@H](C(=O)N4CCCN(CCF)CC4)C3)[C@H](C)[C@H]12.Cl. The molecule has 4 aliphatic rings. The highest BCUT2D eigenvalue weighted by Crippen LogP contribution is 2.51. The monoisotopic (exact) mass is 520 g/mol. The number of fused-ring (bicyclic) bond motifs is 1. The van der Waals surface area contributed by atoms with Crippen LogP contribution in [0.5, 0.6) is 0 Å². The number of nitrogens with one attached hydrogen (secondary N) is 1. The number of nitrogens with zero attached hydrogens (tertiary/aromatic N) is 3. The molecule has 4 aliphatic heterocycles. The number of thioether (sulfide) groups is 1. The standard InChI is InChI=1S/C22H33FN4O5S.ClH/c1-12-17-16(13(2)28)21(30)27(17)18(22(31)32)19(12)33-14-10-15(24-11-14)20(29)26-6-3-5-25(7-4-23)8-9-26;/h12-17,24,28H,3-11H2,1-2H3,(H,31,32);1H/t12-,13-,14+,15+,16-,17-;/m1./s1. The van der Waals surface area contributed by atoms with Crippen molar-refractivity contribution in [2.24, 2.45) is 11.8 Å². The number of aliphatic hydroxyl groups is 1. The minimum absolute atomic E-state index is 0. The second-order valence-corrected chi connectivity index (χ2v) is 10.8. The highest BCUT2D eigenvalue weighted by molar-refractivity contribution is 8.03. The molecule has 192 valence electrons. The number of alkyl halides is 1. The highest BCUT2D eigenvalue weighted by atomic mass is 35.5. The number of hydrogen-bond donors (Lipinski definition) is 3. The van der Waals surface area contributed by atoms with Crippen molar-refractivity contribution in [3.8, 4) is 0 Å². The zero-order valence-corrected chi connectivity index (χ0v) is 21.1. The summed E-state index contributed by atoms with van der Waals surface area (Å²) in [4.78, 5) is 43.5. The van der Waals surface area contributed by atoms with Gasteiger partial charge in [0.15, 0.2) is 0 Å². The summed E-state index contributed by atoms with van der Waals surface area (Å²) in [6.45, 7) is 6.76. The molecule has 0 aromatic rings. The number of β-lactam (4-membered cyclic amide) rings is 1. The Morgan fingerprint density at radius 2 is 2.00 bits per heavy atom. The molecule has 9 nitrogen and oxygen atoms in total. The third kappa shape index (κ3) is 4.95. The molecule has 12 heteroatoms. The lowest BCUT2D eigenvalue weighted by Gasteiger charge is -2.46. The maximum atomic E-state index is 13.1. The van der Waals surface area contributed by atoms with Crippen molar-refractivity contribution < 1.29 is 29.0 Å². The van der Waals surface area contributed by atoms with Crippen LogP contribution < -0.4 is 5.32 Å². The summed E-state index contributed by atoms with van der Waals surface area (Å²) in [6.07, 6.45) is 0.569. The number of aliphatic carboxylic acids is 1. The lowest BCUT2D eigenvalue weighted by molar-refractivity contribution is -0.163. The second kappa shape index (κ2) is 11.1. The van der Waals surface area contributed by atoms with E-state index >= 15 is 0 Å². The van der Waals surface area contributed by atoms with Gasteiger partial charge >= 0.3 is 5.97 Å². The van der Waals surface area contributed by atoms with Gasteiger partial charge < -0.3 is 25.3 Å². The van der Waals surface area contributed by atoms with E-state index in [1.54, 1.807) is 6.92 Å². The minimum Gasteiger partial charge on any atom is -0.477 e. The van der Waals surface area contributed by atoms with Crippen LogP contribution in [0.4, 0.5) is 4.39 Å². The van der Waals surface area contributed by atoms with Gasteiger partial charge in [0.25, 0.3) is 0 Å². The molecule has 3 N–H and O–H groups in total. The van der Waals surface area contributed by atoms with Crippen LogP contribution in [0, 0.1) is 11.8 Å². The topological polar surface area (TPSA) is 113 Å². The van der Waals surface area contributed by atoms with E-state index in [-0.39, 0.29) is 59.8 Å². The second-order valence-electron chi connectivity index (χ2n) is 9.42. The van der Waals surface area contributed by atoms with Crippen molar-refractivity contribution in [2.75, 3.05) is 45.9 Å². The molecule has 0 unspecified atom stereocenters. The van der Waals surface area contributed by atoms with Gasteiger partial charge in [0.05, 0.1) is 24.1 Å². The fourth-order valence-corrected chi connectivity index (χ4v) is 7.07. The average Bonchev–Trinajstić information content (AvgIpc) is 3.22. The molecule has 2 amide bonds. The lowest BCUT2D eigenvalue weighted by atomic mass is 9.79. The molecule has 34 heavy (non-hydrogen) atoms. The van der Waals surface area contributed by atoms with E-state index < -0.39 is 18.0 Å². The maximum Gasteiger partial charge on any atom is 0.353 e. The number of aliphatic hydroxyl groups excluding tert-OH is 1. The van der Waals surface area contributed by atoms with Crippen molar-refractivity contribution >= 4 is 42.0 Å². The van der Waals surface area contributed by atoms with Crippen molar-refractivity contribution in [1.29, 1.82) is 0 Å². The molecule has 4 heterocycles. The van der Waals surface area contributed by atoms with E-state index in [1.807, 2.05) is 16.7 Å². The predicted octanol–water partition coefficient (Wildman–Crippen LogP) is 0.529. The highest BCUT2D eigenvalue weighted by Gasteiger charge is 2.60. The van der Waals surface area contributed by atoms with Crippen LogP contribution in [-0.2, 0) is 14.4 Å². The fraction of sp³-hybridized carbons (Fsp3) is 0.773. The number of rotatable bonds is 7. The van der Waals surface area contributed by atoms with Gasteiger partial charge in [0.2, 0.25) is 11.8 Å². The van der Waals surface area contributed by atoms with Crippen LogP contribution in [0.2, 0.25) is 0 Å². The molecule has 0 saturated carbocycles. The van der Waals surface area contributed by atoms with Crippen LogP contribution in [0.1, 0.15) is 26.7 Å². The number of halogens is 2. The van der Waals surface area contributed by atoms with E-state index in [0.717, 1.165) is 13.0 Å². The molecule has 6 atom stereocenters. The summed E-state index contributed by atoms with van der Waals surface area (Å²) in [5.41, 5.74) is 0.0228. The molecule has 4 rings (SSSR count). The van der Waals surface area contributed by atoms with Crippen LogP contribution in [0.25, 0.3) is 0 Å². The number of carbonyl (C=O) groups excluding carboxylic acids is 2. The Hall–Kier alpha value is -1.40. The number of amides is 2. The smallest absolute Gasteiger partial charge is 0.353 e. The van der Waals surface area contributed by atoms with Gasteiger partial charge in [0, 0.05) is 48.8 Å². The van der Waals surface area contributed by atoms with Gasteiger partial charge in [0.1, 0.15) is 12.4 Å². The summed E-state index contributed by atoms with van der Waals surface area (Å²) < 4.78 is 12.7. The number of hydrogen-bond acceptors (Lipinski definition) is 7. The maximum absolute atomic E-state index is 13.1. The Bertz CT molecular complexity index is 846. The number of carboxylic acid groups (broad SMARTS) is 1. The molecular weight excluding hydrogens is 487 g/mol. The molecule has 0 aromatic carbocycles. The molecule has 0 spiro atoms. The van der Waals surface area contributed by atoms with Gasteiger partial charge in [-0.15, -0.1) is 24.2 Å². The van der Waals surface area contributed by atoms with Crippen molar-refractivity contribution in [1.82, 2.24) is 20.0 Å². The van der Waals surface area contributed by atoms with E-state index in [2.05, 4.69) is 5.32 Å². The molecule has 3 saturated heterocycles. The third-order valence-electron chi connectivity index (χ3n) is 7.29. The Balaban J connectivity index is 0.00000324. The first-order valence-electron chi connectivity index (χ1n) is 11.7. The Morgan fingerprint density at radius 3 is 2.65 bits per heavy atom. The molecular formula is C22H34ClFN4O5S. The minimum atomic E-state index is -1.13. The Morgan fingerprint density at radius 1 is 1.26 bits per heavy atom. The summed E-state index contributed by atoms with van der Waals surface area (Å²) in [5, 5.41) is 23.1. The lowest BCUT2D eigenvalue weighted by Crippen LogP contribution is -2.63. The fourth-order valence-electron chi connectivity index (χ4n) is 5.59. The predicted molar refractivity (Wildman–Crippen MR) is 128 cm³/mol. The van der Waals surface area contributed by atoms with Gasteiger partial charge in [-0.25, -0.2) is 9.18 Å². The molecule has 0 aromatic heterocycles. The first-order chi connectivity index (χ1) is 15.7. The molecule has 0 bridgehead atoms. The third-order valence-corrected chi connectivity index (χ3v) is 8.81. The van der Waals surface area contributed by atoms with Crippen LogP contribution in [0.3, 0.4) is 0 Å². The Kier molecular flexibility index (Phi) is 8.89. The van der Waals surface area contributed by atoms with E-state index in [1.165, 1.54) is 16.7 Å². The number of carbonyl (C=O) groups is 3. The summed E-state index contributed by atoms with van der Waals surface area (Å²) in [7, 11) is 0. The normalized spacial score (nSPS) is 32.7. The largest absolute Gasteiger partial charge is 0.477 e. The van der Waals surface area contributed by atoms with Crippen LogP contribution in [-0.4, -0.2) is 112 Å². The first kappa shape index (κ1) is 27.2. The Labute approximate surface area is 209 Å². The van der Waals surface area contributed by atoms with E-state index in [9.17, 15) is 29.0 Å². The zero-order chi connectivity index (χ0) is 23.9. The summed E-state index contributed by atoms with van der Waals surface area (Å²) >= 11 is 1.44. The number of carboxylic acids is 1. The van der Waals surface area contributed by atoms with Crippen molar-refractivity contribution in [2.45, 2.75) is 50.1 Å². The van der Waals surface area contributed by atoms with Gasteiger partial charge in [-0.1, -0.05) is 6.92 Å². The quantitative estimate of drug-likeness (QED) is 0.417. The van der Waals surface area contributed by atoms with Crippen molar-refractivity contribution in [3.05, 3.63) is 10.6 Å². The molecule has 0 aliphatic carbocycles. The molecule has 3 fully saturated rings. The summed E-state index contributed by atoms with van der Waals surface area (Å²) in [6, 6.07) is -0.660. The first-order valence-corrected chi connectivity index (χ1v) is 12.6. The molecule has 0 radical (unpaired) electrons. The van der Waals surface area contributed by atoms with Crippen LogP contribution >= 0.6 is 24.2 Å². The summed E-state index contributed by atoms with van der Waals surface area (Å²) in [5.74, 6) is -2.19. The van der Waals surface area contributed by atoms with Crippen LogP contribution in [0.15, 0.2) is 10.6 Å². The van der Waals surface area contributed by atoms with E-state index in [0.29, 0.717) is 44.0 Å². The van der Waals surface area contributed by atoms with Gasteiger partial charge in [-0.05, 0) is 26.3 Å². The van der Waals surface area contributed by atoms with Gasteiger partial charge in [-0.3, -0.25) is 14.5 Å².